The molecule has 0 unspecified atom stereocenters. The molecule has 0 radical (unpaired) electrons. The number of carbonyl (C=O) groups excluding carboxylic acids is 2. The van der Waals surface area contributed by atoms with Crippen molar-refractivity contribution >= 4 is 21.7 Å². The summed E-state index contributed by atoms with van der Waals surface area (Å²) in [6, 6.07) is 5.41. The molecule has 1 amide bonds. The number of ether oxygens (including phenoxy) is 2. The van der Waals surface area contributed by atoms with E-state index in [-0.39, 0.29) is 42.7 Å². The molecule has 1 aromatic carbocycles. The van der Waals surface area contributed by atoms with Gasteiger partial charge in [0.05, 0.1) is 11.5 Å². The molecule has 1 saturated carbocycles. The predicted molar refractivity (Wildman–Crippen MR) is 99.3 cm³/mol. The quantitative estimate of drug-likeness (QED) is 0.649. The lowest BCUT2D eigenvalue weighted by molar-refractivity contribution is -0.154. The Morgan fingerprint density at radius 2 is 1.70 bits per heavy atom. The van der Waals surface area contributed by atoms with Crippen LogP contribution in [0.15, 0.2) is 18.2 Å². The minimum atomic E-state index is -3.08. The summed E-state index contributed by atoms with van der Waals surface area (Å²) in [6.45, 7) is 3.21. The van der Waals surface area contributed by atoms with E-state index in [1.54, 1.807) is 4.90 Å². The van der Waals surface area contributed by atoms with Gasteiger partial charge in [-0.15, -0.1) is 0 Å². The third-order valence-corrected chi connectivity index (χ3v) is 6.49. The molecule has 0 bridgehead atoms. The fourth-order valence-electron chi connectivity index (χ4n) is 3.47. The van der Waals surface area contributed by atoms with E-state index in [9.17, 15) is 18.0 Å². The first-order chi connectivity index (χ1) is 12.7. The lowest BCUT2D eigenvalue weighted by Crippen LogP contribution is -2.45. The molecular weight excluding hydrogens is 370 g/mol. The van der Waals surface area contributed by atoms with Gasteiger partial charge in [-0.2, -0.15) is 0 Å². The van der Waals surface area contributed by atoms with Crippen molar-refractivity contribution in [2.24, 2.45) is 0 Å². The van der Waals surface area contributed by atoms with Gasteiger partial charge in [-0.05, 0) is 56.4 Å². The first kappa shape index (κ1) is 19.7. The number of benzene rings is 1. The Kier molecular flexibility index (Phi) is 5.74. The smallest absolute Gasteiger partial charge is 0.344 e. The number of carbonyl (C=O) groups is 2. The third kappa shape index (κ3) is 5.45. The summed E-state index contributed by atoms with van der Waals surface area (Å²) in [5, 5.41) is 0. The van der Waals surface area contributed by atoms with Gasteiger partial charge in [-0.1, -0.05) is 6.07 Å². The van der Waals surface area contributed by atoms with Crippen molar-refractivity contribution in [3.05, 3.63) is 29.3 Å². The highest BCUT2D eigenvalue weighted by Gasteiger charge is 2.42. The largest absolute Gasteiger partial charge is 0.482 e. The average Bonchev–Trinajstić information content (AvgIpc) is 3.33. The van der Waals surface area contributed by atoms with Crippen LogP contribution in [-0.2, 0) is 24.2 Å². The molecule has 1 atom stereocenters. The lowest BCUT2D eigenvalue weighted by Gasteiger charge is -2.28. The van der Waals surface area contributed by atoms with Crippen molar-refractivity contribution in [1.29, 1.82) is 0 Å². The highest BCUT2D eigenvalue weighted by Crippen LogP contribution is 2.32. The van der Waals surface area contributed by atoms with Gasteiger partial charge in [-0.3, -0.25) is 4.79 Å². The van der Waals surface area contributed by atoms with E-state index in [4.69, 9.17) is 9.47 Å². The van der Waals surface area contributed by atoms with Crippen molar-refractivity contribution in [1.82, 2.24) is 4.90 Å². The number of esters is 1. The van der Waals surface area contributed by atoms with Gasteiger partial charge in [0.1, 0.15) is 5.75 Å². The molecule has 148 valence electrons. The number of sulfone groups is 1. The van der Waals surface area contributed by atoms with E-state index in [0.717, 1.165) is 24.0 Å². The minimum absolute atomic E-state index is 0.000985. The second-order valence-electron chi connectivity index (χ2n) is 7.36. The summed E-state index contributed by atoms with van der Waals surface area (Å²) in [5.74, 6) is -0.278. The Bertz CT molecular complexity index is 810. The van der Waals surface area contributed by atoms with E-state index in [0.29, 0.717) is 12.2 Å². The van der Waals surface area contributed by atoms with Crippen LogP contribution in [0.1, 0.15) is 30.4 Å². The van der Waals surface area contributed by atoms with Crippen LogP contribution in [0.25, 0.3) is 0 Å². The van der Waals surface area contributed by atoms with Crippen LogP contribution < -0.4 is 4.74 Å². The van der Waals surface area contributed by atoms with Crippen molar-refractivity contribution in [3.63, 3.8) is 0 Å². The van der Waals surface area contributed by atoms with Crippen LogP contribution in [0.2, 0.25) is 0 Å². The normalized spacial score (nSPS) is 20.9. The molecule has 0 spiro atoms. The SMILES string of the molecule is Cc1cc(C)cc(OCC(=O)OCC(=O)N(C2CC2)[C@H]2CCS(=O)(=O)C2)c1. The first-order valence-electron chi connectivity index (χ1n) is 9.12. The number of hydrogen-bond donors (Lipinski definition) is 0. The molecule has 1 heterocycles. The van der Waals surface area contributed by atoms with Crippen molar-refractivity contribution in [2.75, 3.05) is 24.7 Å². The molecular formula is C19H25NO6S. The van der Waals surface area contributed by atoms with Crippen LogP contribution in [0.4, 0.5) is 0 Å². The maximum atomic E-state index is 12.5. The highest BCUT2D eigenvalue weighted by molar-refractivity contribution is 7.91. The van der Waals surface area contributed by atoms with Gasteiger partial charge in [0, 0.05) is 12.1 Å². The van der Waals surface area contributed by atoms with Crippen molar-refractivity contribution in [3.8, 4) is 5.75 Å². The Morgan fingerprint density at radius 3 is 2.26 bits per heavy atom. The number of amides is 1. The molecule has 1 aliphatic carbocycles. The molecule has 1 aliphatic heterocycles. The van der Waals surface area contributed by atoms with E-state index < -0.39 is 15.8 Å². The van der Waals surface area contributed by atoms with Gasteiger partial charge >= 0.3 is 5.97 Å². The predicted octanol–water partition coefficient (Wildman–Crippen LogP) is 1.40. The Hall–Kier alpha value is -2.09. The summed E-state index contributed by atoms with van der Waals surface area (Å²) in [6.07, 6.45) is 2.19. The third-order valence-electron chi connectivity index (χ3n) is 4.74. The molecule has 7 nitrogen and oxygen atoms in total. The van der Waals surface area contributed by atoms with E-state index in [1.807, 2.05) is 32.0 Å². The van der Waals surface area contributed by atoms with Crippen LogP contribution >= 0.6 is 0 Å². The summed E-state index contributed by atoms with van der Waals surface area (Å²) >= 11 is 0. The molecule has 0 aromatic heterocycles. The first-order valence-corrected chi connectivity index (χ1v) is 10.9. The summed E-state index contributed by atoms with van der Waals surface area (Å²) in [5.41, 5.74) is 2.06. The second-order valence-corrected chi connectivity index (χ2v) is 9.59. The van der Waals surface area contributed by atoms with Crippen molar-refractivity contribution in [2.45, 2.75) is 45.2 Å². The number of nitrogens with zero attached hydrogens (tertiary/aromatic N) is 1. The van der Waals surface area contributed by atoms with Crippen LogP contribution in [0.5, 0.6) is 5.75 Å². The van der Waals surface area contributed by atoms with Gasteiger partial charge < -0.3 is 14.4 Å². The summed E-state index contributed by atoms with van der Waals surface area (Å²) < 4.78 is 33.9. The molecule has 1 aromatic rings. The van der Waals surface area contributed by atoms with Crippen molar-refractivity contribution < 1.29 is 27.5 Å². The Morgan fingerprint density at radius 1 is 1.04 bits per heavy atom. The zero-order chi connectivity index (χ0) is 19.6. The van der Waals surface area contributed by atoms with E-state index in [2.05, 4.69) is 0 Å². The molecule has 2 aliphatic rings. The van der Waals surface area contributed by atoms with Gasteiger partial charge in [-0.25, -0.2) is 13.2 Å². The molecule has 3 rings (SSSR count). The maximum absolute atomic E-state index is 12.5. The summed E-state index contributed by atoms with van der Waals surface area (Å²) in [4.78, 5) is 26.0. The molecule has 27 heavy (non-hydrogen) atoms. The Labute approximate surface area is 159 Å². The standard InChI is InChI=1S/C19H25NO6S/c1-13-7-14(2)9-17(8-13)25-11-19(22)26-10-18(21)20(15-3-4-15)16-5-6-27(23,24)12-16/h7-9,15-16H,3-6,10-12H2,1-2H3/t16-/m0/s1. The monoisotopic (exact) mass is 395 g/mol. The highest BCUT2D eigenvalue weighted by atomic mass is 32.2. The maximum Gasteiger partial charge on any atom is 0.344 e. The van der Waals surface area contributed by atoms with Crippen LogP contribution in [-0.4, -0.2) is 62.0 Å². The van der Waals surface area contributed by atoms with E-state index in [1.165, 1.54) is 0 Å². The van der Waals surface area contributed by atoms with Crippen LogP contribution in [0, 0.1) is 13.8 Å². The molecule has 8 heteroatoms. The van der Waals surface area contributed by atoms with Crippen LogP contribution in [0.3, 0.4) is 0 Å². The van der Waals surface area contributed by atoms with Gasteiger partial charge in [0.15, 0.2) is 23.1 Å². The molecule has 0 N–H and O–H groups in total. The lowest BCUT2D eigenvalue weighted by atomic mass is 10.1. The second kappa shape index (κ2) is 7.88. The number of rotatable bonds is 7. The van der Waals surface area contributed by atoms with Gasteiger partial charge in [0.25, 0.3) is 5.91 Å². The molecule has 2 fully saturated rings. The number of hydrogen-bond acceptors (Lipinski definition) is 6. The fourth-order valence-corrected chi connectivity index (χ4v) is 5.18. The zero-order valence-corrected chi connectivity index (χ0v) is 16.5. The summed E-state index contributed by atoms with van der Waals surface area (Å²) in [7, 11) is -3.08. The van der Waals surface area contributed by atoms with Gasteiger partial charge in [0.2, 0.25) is 0 Å². The number of aryl methyl sites for hydroxylation is 2. The minimum Gasteiger partial charge on any atom is -0.482 e. The average molecular weight is 395 g/mol. The fraction of sp³-hybridized carbons (Fsp3) is 0.579. The molecule has 1 saturated heterocycles. The zero-order valence-electron chi connectivity index (χ0n) is 15.6. The topological polar surface area (TPSA) is 90.0 Å². The van der Waals surface area contributed by atoms with E-state index >= 15 is 0 Å². The Balaban J connectivity index is 1.49.